The first-order chi connectivity index (χ1) is 12.0. The third-order valence-electron chi connectivity index (χ3n) is 3.18. The highest BCUT2D eigenvalue weighted by atomic mass is 35.5. The second-order valence-corrected chi connectivity index (χ2v) is 6.69. The molecule has 0 aliphatic carbocycles. The molecule has 0 heterocycles. The van der Waals surface area contributed by atoms with Crippen LogP contribution in [-0.4, -0.2) is 24.7 Å². The van der Waals surface area contributed by atoms with Crippen molar-refractivity contribution < 1.29 is 14.3 Å². The van der Waals surface area contributed by atoms with Crippen LogP contribution >= 0.6 is 23.4 Å². The van der Waals surface area contributed by atoms with Gasteiger partial charge in [-0.2, -0.15) is 0 Å². The molecule has 0 unspecified atom stereocenters. The number of nitrogens with one attached hydrogen (secondary N) is 2. The van der Waals surface area contributed by atoms with Crippen molar-refractivity contribution in [2.24, 2.45) is 0 Å². The average molecular weight is 379 g/mol. The summed E-state index contributed by atoms with van der Waals surface area (Å²) >= 11 is 7.43. The lowest BCUT2D eigenvalue weighted by Gasteiger charge is -2.12. The molecule has 2 aromatic carbocycles. The molecule has 0 aliphatic heterocycles. The molecule has 0 spiro atoms. The summed E-state index contributed by atoms with van der Waals surface area (Å²) < 4.78 is 5.24. The first-order valence-electron chi connectivity index (χ1n) is 7.55. The monoisotopic (exact) mass is 378 g/mol. The van der Waals surface area contributed by atoms with Crippen molar-refractivity contribution in [3.63, 3.8) is 0 Å². The Labute approximate surface area is 156 Å². The van der Waals surface area contributed by atoms with Crippen LogP contribution in [0.2, 0.25) is 5.02 Å². The molecular weight excluding hydrogens is 360 g/mol. The number of hydrogen-bond acceptors (Lipinski definition) is 4. The maximum atomic E-state index is 12.2. The van der Waals surface area contributed by atoms with E-state index in [1.807, 2.05) is 24.3 Å². The second kappa shape index (κ2) is 9.34. The molecule has 5 nitrogen and oxygen atoms in total. The Hall–Kier alpha value is -2.18. The van der Waals surface area contributed by atoms with E-state index in [0.29, 0.717) is 33.7 Å². The average Bonchev–Trinajstić information content (AvgIpc) is 2.54. The molecule has 0 saturated heterocycles. The zero-order valence-electron chi connectivity index (χ0n) is 14.0. The van der Waals surface area contributed by atoms with Crippen LogP contribution in [0, 0.1) is 0 Å². The van der Waals surface area contributed by atoms with Crippen LogP contribution < -0.4 is 15.4 Å². The van der Waals surface area contributed by atoms with Crippen molar-refractivity contribution in [3.05, 3.63) is 53.1 Å². The maximum absolute atomic E-state index is 12.2. The van der Waals surface area contributed by atoms with Gasteiger partial charge in [0, 0.05) is 23.4 Å². The predicted octanol–water partition coefficient (Wildman–Crippen LogP) is 4.18. The summed E-state index contributed by atoms with van der Waals surface area (Å²) in [5.74, 6) is 1.18. The highest BCUT2D eigenvalue weighted by Gasteiger charge is 2.10. The van der Waals surface area contributed by atoms with Crippen LogP contribution in [0.25, 0.3) is 0 Å². The Bertz CT molecular complexity index is 768. The summed E-state index contributed by atoms with van der Waals surface area (Å²) in [5, 5.41) is 6.17. The number of carbonyl (C=O) groups is 2. The van der Waals surface area contributed by atoms with Crippen molar-refractivity contribution in [1.82, 2.24) is 0 Å². The maximum Gasteiger partial charge on any atom is 0.234 e. The number of halogens is 1. The fourth-order valence-electron chi connectivity index (χ4n) is 2.16. The van der Waals surface area contributed by atoms with Crippen LogP contribution in [0.5, 0.6) is 5.75 Å². The molecule has 132 valence electrons. The molecule has 25 heavy (non-hydrogen) atoms. The standard InChI is InChI=1S/C18H19ClN2O3S/c1-12(22)20-15-6-7-17(24-2)16(9-15)21-18(23)11-25-10-13-4-3-5-14(19)8-13/h3-9H,10-11H2,1-2H3,(H,20,22)(H,21,23). The fourth-order valence-corrected chi connectivity index (χ4v) is 3.15. The van der Waals surface area contributed by atoms with E-state index < -0.39 is 0 Å². The lowest BCUT2D eigenvalue weighted by atomic mass is 10.2. The first kappa shape index (κ1) is 19.1. The summed E-state index contributed by atoms with van der Waals surface area (Å²) in [5.41, 5.74) is 2.17. The lowest BCUT2D eigenvalue weighted by Crippen LogP contribution is -2.15. The normalized spacial score (nSPS) is 10.2. The zero-order valence-corrected chi connectivity index (χ0v) is 15.5. The van der Waals surface area contributed by atoms with Gasteiger partial charge in [0.15, 0.2) is 0 Å². The van der Waals surface area contributed by atoms with Gasteiger partial charge in [0.1, 0.15) is 5.75 Å². The molecule has 0 aromatic heterocycles. The highest BCUT2D eigenvalue weighted by molar-refractivity contribution is 7.99. The number of amides is 2. The van der Waals surface area contributed by atoms with E-state index in [2.05, 4.69) is 10.6 Å². The lowest BCUT2D eigenvalue weighted by molar-refractivity contribution is -0.114. The minimum absolute atomic E-state index is 0.148. The zero-order chi connectivity index (χ0) is 18.2. The van der Waals surface area contributed by atoms with Gasteiger partial charge in [-0.3, -0.25) is 9.59 Å². The Morgan fingerprint density at radius 1 is 1.16 bits per heavy atom. The van der Waals surface area contributed by atoms with Crippen molar-refractivity contribution in [2.75, 3.05) is 23.5 Å². The van der Waals surface area contributed by atoms with Crippen molar-refractivity contribution in [1.29, 1.82) is 0 Å². The Morgan fingerprint density at radius 3 is 2.64 bits per heavy atom. The van der Waals surface area contributed by atoms with Crippen molar-refractivity contribution in [2.45, 2.75) is 12.7 Å². The number of hydrogen-bond donors (Lipinski definition) is 2. The van der Waals surface area contributed by atoms with E-state index in [1.165, 1.54) is 25.8 Å². The topological polar surface area (TPSA) is 67.4 Å². The summed E-state index contributed by atoms with van der Waals surface area (Å²) in [6.45, 7) is 1.43. The predicted molar refractivity (Wildman–Crippen MR) is 104 cm³/mol. The molecule has 0 bridgehead atoms. The SMILES string of the molecule is COc1ccc(NC(C)=O)cc1NC(=O)CSCc1cccc(Cl)c1. The third kappa shape index (κ3) is 6.32. The van der Waals surface area contributed by atoms with Crippen LogP contribution in [0.4, 0.5) is 11.4 Å². The third-order valence-corrected chi connectivity index (χ3v) is 4.42. The number of rotatable bonds is 7. The number of anilines is 2. The molecule has 0 radical (unpaired) electrons. The molecule has 2 amide bonds. The van der Waals surface area contributed by atoms with Crippen LogP contribution in [0.3, 0.4) is 0 Å². The summed E-state index contributed by atoms with van der Waals surface area (Å²) in [7, 11) is 1.52. The Morgan fingerprint density at radius 2 is 1.96 bits per heavy atom. The van der Waals surface area contributed by atoms with E-state index in [0.717, 1.165) is 5.56 Å². The number of thioether (sulfide) groups is 1. The molecule has 0 saturated carbocycles. The minimum Gasteiger partial charge on any atom is -0.495 e. The Kier molecular flexibility index (Phi) is 7.16. The summed E-state index contributed by atoms with van der Waals surface area (Å²) in [6, 6.07) is 12.6. The Balaban J connectivity index is 1.93. The van der Waals surface area contributed by atoms with Gasteiger partial charge in [-0.25, -0.2) is 0 Å². The van der Waals surface area contributed by atoms with Gasteiger partial charge >= 0.3 is 0 Å². The van der Waals surface area contributed by atoms with E-state index in [9.17, 15) is 9.59 Å². The number of ether oxygens (including phenoxy) is 1. The van der Waals surface area contributed by atoms with Gasteiger partial charge in [0.05, 0.1) is 18.6 Å². The number of methoxy groups -OCH3 is 1. The van der Waals surface area contributed by atoms with Crippen molar-refractivity contribution in [3.8, 4) is 5.75 Å². The minimum atomic E-state index is -0.181. The molecule has 2 rings (SSSR count). The van der Waals surface area contributed by atoms with Gasteiger partial charge in [-0.1, -0.05) is 23.7 Å². The fraction of sp³-hybridized carbons (Fsp3) is 0.222. The quantitative estimate of drug-likeness (QED) is 0.758. The second-order valence-electron chi connectivity index (χ2n) is 5.27. The van der Waals surface area contributed by atoms with E-state index in [-0.39, 0.29) is 11.8 Å². The number of carbonyl (C=O) groups excluding carboxylic acids is 2. The van der Waals surface area contributed by atoms with Crippen molar-refractivity contribution >= 4 is 46.6 Å². The van der Waals surface area contributed by atoms with Crippen LogP contribution in [-0.2, 0) is 15.3 Å². The van der Waals surface area contributed by atoms with Gasteiger partial charge < -0.3 is 15.4 Å². The van der Waals surface area contributed by atoms with Gasteiger partial charge in [-0.15, -0.1) is 11.8 Å². The highest BCUT2D eigenvalue weighted by Crippen LogP contribution is 2.28. The van der Waals surface area contributed by atoms with Crippen LogP contribution in [0.1, 0.15) is 12.5 Å². The molecular formula is C18H19ClN2O3S. The van der Waals surface area contributed by atoms with Gasteiger partial charge in [0.2, 0.25) is 11.8 Å². The molecule has 0 aliphatic rings. The summed E-state index contributed by atoms with van der Waals surface area (Å²) in [6.07, 6.45) is 0. The van der Waals surface area contributed by atoms with Gasteiger partial charge in [-0.05, 0) is 35.9 Å². The van der Waals surface area contributed by atoms with E-state index >= 15 is 0 Å². The number of benzene rings is 2. The molecule has 2 aromatic rings. The molecule has 2 N–H and O–H groups in total. The van der Waals surface area contributed by atoms with Gasteiger partial charge in [0.25, 0.3) is 0 Å². The first-order valence-corrected chi connectivity index (χ1v) is 9.09. The van der Waals surface area contributed by atoms with Crippen LogP contribution in [0.15, 0.2) is 42.5 Å². The van der Waals surface area contributed by atoms with E-state index in [1.54, 1.807) is 18.2 Å². The molecule has 0 atom stereocenters. The smallest absolute Gasteiger partial charge is 0.234 e. The molecule has 0 fully saturated rings. The molecule has 7 heteroatoms. The summed E-state index contributed by atoms with van der Waals surface area (Å²) in [4.78, 5) is 23.3. The largest absolute Gasteiger partial charge is 0.495 e. The van der Waals surface area contributed by atoms with E-state index in [4.69, 9.17) is 16.3 Å².